The molecule has 4 unspecified atom stereocenters. The van der Waals surface area contributed by atoms with Gasteiger partial charge in [-0.25, -0.2) is 4.79 Å². The van der Waals surface area contributed by atoms with Crippen molar-refractivity contribution in [1.82, 2.24) is 25.8 Å². The molecule has 4 atom stereocenters. The van der Waals surface area contributed by atoms with Crippen LogP contribution in [0.15, 0.2) is 35.9 Å². The summed E-state index contributed by atoms with van der Waals surface area (Å²) in [5, 5.41) is 45.1. The van der Waals surface area contributed by atoms with Crippen molar-refractivity contribution in [2.45, 2.75) is 63.3 Å². The number of nitrogens with two attached hydrogens (primary N) is 2. The molecule has 0 aliphatic carbocycles. The molecule has 0 radical (unpaired) electrons. The molecule has 0 spiro atoms. The second kappa shape index (κ2) is 15.0. The average Bonchev–Trinajstić information content (AvgIpc) is 3.57. The Hall–Kier alpha value is -4.63. The summed E-state index contributed by atoms with van der Waals surface area (Å²) in [6.07, 6.45) is 1.71. The van der Waals surface area contributed by atoms with E-state index in [4.69, 9.17) is 16.9 Å². The van der Waals surface area contributed by atoms with Crippen LogP contribution < -0.4 is 27.4 Å². The van der Waals surface area contributed by atoms with Gasteiger partial charge < -0.3 is 52.6 Å². The normalized spacial score (nSPS) is 15.7. The predicted molar refractivity (Wildman–Crippen MR) is 158 cm³/mol. The lowest BCUT2D eigenvalue weighted by molar-refractivity contribution is -0.141. The molecule has 1 aromatic heterocycles. The molecule has 234 valence electrons. The van der Waals surface area contributed by atoms with Crippen LogP contribution >= 0.6 is 0 Å². The van der Waals surface area contributed by atoms with E-state index in [1.165, 1.54) is 19.1 Å². The van der Waals surface area contributed by atoms with E-state index in [1.807, 2.05) is 6.08 Å². The number of carboxylic acid groups (broad SMARTS) is 1. The van der Waals surface area contributed by atoms with Crippen LogP contribution in [0, 0.1) is 5.41 Å². The van der Waals surface area contributed by atoms with Crippen molar-refractivity contribution >= 4 is 40.6 Å². The number of carbonyl (C=O) groups excluding carboxylic acids is 3. The summed E-state index contributed by atoms with van der Waals surface area (Å²) in [5.74, 6) is -2.83. The number of phenols is 1. The number of unbranched alkanes of at least 4 members (excludes halogenated alkanes) is 1. The van der Waals surface area contributed by atoms with Gasteiger partial charge in [-0.05, 0) is 49.8 Å². The first-order chi connectivity index (χ1) is 20.3. The number of aromatic nitrogens is 1. The van der Waals surface area contributed by atoms with Gasteiger partial charge in [-0.3, -0.25) is 19.8 Å². The molecule has 2 heterocycles. The van der Waals surface area contributed by atoms with Gasteiger partial charge in [0.1, 0.15) is 23.9 Å². The number of benzene rings is 1. The van der Waals surface area contributed by atoms with Gasteiger partial charge in [0.25, 0.3) is 0 Å². The van der Waals surface area contributed by atoms with Gasteiger partial charge in [-0.2, -0.15) is 0 Å². The third kappa shape index (κ3) is 9.72. The van der Waals surface area contributed by atoms with E-state index < -0.39 is 47.9 Å². The molecule has 0 bridgehead atoms. The Labute approximate surface area is 248 Å². The number of hydrogen-bond acceptors (Lipinski definition) is 8. The lowest BCUT2D eigenvalue weighted by Crippen LogP contribution is -2.54. The van der Waals surface area contributed by atoms with Crippen molar-refractivity contribution in [3.8, 4) is 5.75 Å². The monoisotopic (exact) mass is 600 g/mol. The first-order valence-electron chi connectivity index (χ1n) is 14.0. The van der Waals surface area contributed by atoms with Crippen molar-refractivity contribution < 1.29 is 34.5 Å². The minimum Gasteiger partial charge on any atom is -0.508 e. The maximum atomic E-state index is 13.0. The van der Waals surface area contributed by atoms with Crippen molar-refractivity contribution in [2.24, 2.45) is 11.5 Å². The van der Waals surface area contributed by atoms with Gasteiger partial charge in [-0.15, -0.1) is 0 Å². The lowest BCUT2D eigenvalue weighted by Gasteiger charge is -2.23. The molecule has 0 saturated carbocycles. The van der Waals surface area contributed by atoms with Crippen LogP contribution in [0.4, 0.5) is 0 Å². The number of amides is 3. The second-order valence-corrected chi connectivity index (χ2v) is 10.6. The lowest BCUT2D eigenvalue weighted by atomic mass is 10.0. The van der Waals surface area contributed by atoms with Gasteiger partial charge >= 0.3 is 5.97 Å². The highest BCUT2D eigenvalue weighted by molar-refractivity contribution is 5.90. The Balaban J connectivity index is 1.46. The van der Waals surface area contributed by atoms with E-state index in [2.05, 4.69) is 20.9 Å². The van der Waals surface area contributed by atoms with Gasteiger partial charge in [0.2, 0.25) is 17.7 Å². The summed E-state index contributed by atoms with van der Waals surface area (Å²) in [7, 11) is 0. The molecule has 3 rings (SSSR count). The van der Waals surface area contributed by atoms with Gasteiger partial charge in [-0.1, -0.05) is 11.6 Å². The van der Waals surface area contributed by atoms with Crippen LogP contribution in [0.3, 0.4) is 0 Å². The minimum absolute atomic E-state index is 0.0268. The number of fused-ring (bicyclic) bond motifs is 1. The molecule has 0 saturated heterocycles. The number of phenolic OH excluding ortho intramolecular Hbond substituents is 1. The number of guanidine groups is 1. The Kier molecular flexibility index (Phi) is 11.5. The number of aliphatic hydroxyl groups excluding tert-OH is 1. The van der Waals surface area contributed by atoms with E-state index in [1.54, 1.807) is 17.0 Å². The molecule has 1 aliphatic rings. The number of aliphatic hydroxyl groups is 1. The van der Waals surface area contributed by atoms with Crippen molar-refractivity contribution in [1.29, 1.82) is 5.41 Å². The molecule has 1 aliphatic heterocycles. The summed E-state index contributed by atoms with van der Waals surface area (Å²) < 4.78 is 0. The van der Waals surface area contributed by atoms with Gasteiger partial charge in [0.05, 0.1) is 6.10 Å². The van der Waals surface area contributed by atoms with Crippen LogP contribution in [0.2, 0.25) is 0 Å². The van der Waals surface area contributed by atoms with Crippen LogP contribution in [-0.2, 0) is 25.6 Å². The van der Waals surface area contributed by atoms with Gasteiger partial charge in [0.15, 0.2) is 5.96 Å². The topological polar surface area (TPSA) is 260 Å². The number of H-pyrrole nitrogens is 1. The largest absolute Gasteiger partial charge is 0.508 e. The fraction of sp³-hybridized carbons (Fsp3) is 0.464. The molecule has 43 heavy (non-hydrogen) atoms. The predicted octanol–water partition coefficient (Wildman–Crippen LogP) is -1.01. The Morgan fingerprint density at radius 2 is 1.84 bits per heavy atom. The molecular formula is C28H40N8O7. The zero-order chi connectivity index (χ0) is 31.7. The first kappa shape index (κ1) is 32.9. The van der Waals surface area contributed by atoms with Crippen molar-refractivity contribution in [2.75, 3.05) is 19.6 Å². The Bertz CT molecular complexity index is 1370. The molecular weight excluding hydrogens is 560 g/mol. The third-order valence-corrected chi connectivity index (χ3v) is 7.11. The Morgan fingerprint density at radius 3 is 2.49 bits per heavy atom. The molecule has 15 nitrogen and oxygen atoms in total. The van der Waals surface area contributed by atoms with E-state index in [0.717, 1.165) is 11.0 Å². The van der Waals surface area contributed by atoms with Crippen LogP contribution in [0.25, 0.3) is 10.9 Å². The molecule has 3 amide bonds. The summed E-state index contributed by atoms with van der Waals surface area (Å²) in [4.78, 5) is 54.3. The van der Waals surface area contributed by atoms with Crippen molar-refractivity contribution in [3.05, 3.63) is 41.6 Å². The highest BCUT2D eigenvalue weighted by atomic mass is 16.4. The molecule has 2 aromatic rings. The Morgan fingerprint density at radius 1 is 1.09 bits per heavy atom. The minimum atomic E-state index is -1.22. The van der Waals surface area contributed by atoms with E-state index in [-0.39, 0.29) is 37.5 Å². The maximum absolute atomic E-state index is 13.0. The number of aromatic amines is 1. The number of aromatic hydroxyl groups is 1. The number of nitrogens with one attached hydrogen (secondary N) is 5. The second-order valence-electron chi connectivity index (χ2n) is 10.6. The average molecular weight is 601 g/mol. The quantitative estimate of drug-likeness (QED) is 0.0515. The number of rotatable bonds is 15. The zero-order valence-electron chi connectivity index (χ0n) is 23.9. The molecule has 15 heteroatoms. The summed E-state index contributed by atoms with van der Waals surface area (Å²) >= 11 is 0. The fourth-order valence-electron chi connectivity index (χ4n) is 4.62. The highest BCUT2D eigenvalue weighted by Crippen LogP contribution is 2.21. The SMILES string of the molecule is CC(O)C(N)C(=O)NC(CC1=CCN(C(=N)N)C1)C(=O)NCCCCC(=O)NC(Cc1cc2ccc(O)cc2[nH]1)C(=O)O. The first-order valence-corrected chi connectivity index (χ1v) is 14.0. The summed E-state index contributed by atoms with van der Waals surface area (Å²) in [6, 6.07) is 3.15. The fourth-order valence-corrected chi connectivity index (χ4v) is 4.62. The number of nitrogens with zero attached hydrogens (tertiary/aromatic N) is 1. The standard InChI is InChI=1S/C28H40N8O7/c1-15(37)24(29)26(41)35-21(10-16-7-9-36(14-16)28(30)31)25(40)32-8-3-2-4-23(39)34-22(27(42)43)12-18-11-17-5-6-19(38)13-20(17)33-18/h5-7,11,13,15,21-22,24,33,37-38H,2-4,8-10,12,14,29H2,1H3,(H3,30,31)(H,32,40)(H,34,39)(H,35,41)(H,42,43). The smallest absolute Gasteiger partial charge is 0.326 e. The molecule has 0 fully saturated rings. The summed E-state index contributed by atoms with van der Waals surface area (Å²) in [6.45, 7) is 2.32. The number of carboxylic acids is 1. The third-order valence-electron chi connectivity index (χ3n) is 7.11. The number of hydrogen-bond donors (Lipinski definition) is 10. The van der Waals surface area contributed by atoms with Crippen LogP contribution in [-0.4, -0.2) is 98.7 Å². The van der Waals surface area contributed by atoms with Crippen molar-refractivity contribution in [3.63, 3.8) is 0 Å². The molecule has 12 N–H and O–H groups in total. The number of aliphatic carboxylic acids is 1. The summed E-state index contributed by atoms with van der Waals surface area (Å²) in [5.41, 5.74) is 13.3. The van der Waals surface area contributed by atoms with E-state index in [9.17, 15) is 34.5 Å². The van der Waals surface area contributed by atoms with Crippen LogP contribution in [0.5, 0.6) is 5.75 Å². The van der Waals surface area contributed by atoms with Crippen LogP contribution in [0.1, 0.15) is 38.3 Å². The molecule has 1 aromatic carbocycles. The van der Waals surface area contributed by atoms with Gasteiger partial charge in [0, 0.05) is 49.8 Å². The zero-order valence-corrected chi connectivity index (χ0v) is 23.9. The number of carbonyl (C=O) groups is 4. The van der Waals surface area contributed by atoms with E-state index >= 15 is 0 Å². The van der Waals surface area contributed by atoms with E-state index in [0.29, 0.717) is 37.1 Å². The maximum Gasteiger partial charge on any atom is 0.326 e. The highest BCUT2D eigenvalue weighted by Gasteiger charge is 2.28.